The van der Waals surface area contributed by atoms with Gasteiger partial charge in [0, 0.05) is 6.92 Å². The van der Waals surface area contributed by atoms with E-state index in [0.717, 1.165) is 12.8 Å². The summed E-state index contributed by atoms with van der Waals surface area (Å²) in [4.78, 5) is 11.6. The molecule has 1 atom stereocenters. The molecular weight excluding hydrogens is 358 g/mol. The summed E-state index contributed by atoms with van der Waals surface area (Å²) in [5, 5.41) is 19.0. The van der Waals surface area contributed by atoms with Gasteiger partial charge in [0.05, 0.1) is 13.5 Å². The minimum absolute atomic E-state index is 0. The Balaban J connectivity index is 0. The molecule has 0 spiro atoms. The molecule has 0 aliphatic rings. The molecule has 4 nitrogen and oxygen atoms in total. The summed E-state index contributed by atoms with van der Waals surface area (Å²) in [5.41, 5.74) is 0. The number of carbonyl (C=O) groups excluding carboxylic acids is 1. The second-order valence-electron chi connectivity index (χ2n) is 6.69. The molecule has 23 heavy (non-hydrogen) atoms. The molecule has 0 heterocycles. The molecule has 0 saturated carbocycles. The van der Waals surface area contributed by atoms with Crippen LogP contribution in [0.3, 0.4) is 0 Å². The lowest BCUT2D eigenvalue weighted by Crippen LogP contribution is -3.22. The second-order valence-corrected chi connectivity index (χ2v) is 6.69. The normalized spacial score (nSPS) is 12.7. The highest BCUT2D eigenvalue weighted by Gasteiger charge is 2.33. The summed E-state index contributed by atoms with van der Waals surface area (Å²) in [6.45, 7) is 5.42. The van der Waals surface area contributed by atoms with Crippen LogP contribution >= 0.6 is 0 Å². The molecule has 0 rings (SSSR count). The second kappa shape index (κ2) is 15.6. The first kappa shape index (κ1) is 25.3. The maximum Gasteiger partial charge on any atom is 0.316 e. The van der Waals surface area contributed by atoms with Gasteiger partial charge < -0.3 is 27.2 Å². The van der Waals surface area contributed by atoms with Gasteiger partial charge in [-0.15, -0.1) is 0 Å². The van der Waals surface area contributed by atoms with Crippen LogP contribution in [0.15, 0.2) is 0 Å². The third-order valence-corrected chi connectivity index (χ3v) is 4.28. The Morgan fingerprint density at radius 3 is 1.48 bits per heavy atom. The minimum Gasteiger partial charge on any atom is -1.00 e. The van der Waals surface area contributed by atoms with Gasteiger partial charge in [0.2, 0.25) is 0 Å². The van der Waals surface area contributed by atoms with Gasteiger partial charge in [0.15, 0.2) is 0 Å². The fourth-order valence-corrected chi connectivity index (χ4v) is 2.89. The van der Waals surface area contributed by atoms with Crippen molar-refractivity contribution in [1.82, 2.24) is 0 Å². The predicted octanol–water partition coefficient (Wildman–Crippen LogP) is -0.219. The van der Waals surface area contributed by atoms with Gasteiger partial charge >= 0.3 is 11.8 Å². The number of hydrogen-bond donors (Lipinski definition) is 3. The molecule has 0 bridgehead atoms. The van der Waals surface area contributed by atoms with Crippen molar-refractivity contribution in [3.05, 3.63) is 0 Å². The van der Waals surface area contributed by atoms with Crippen molar-refractivity contribution in [3.63, 3.8) is 0 Å². The zero-order valence-electron chi connectivity index (χ0n) is 15.4. The molecule has 0 fully saturated rings. The lowest BCUT2D eigenvalue weighted by Gasteiger charge is -2.25. The van der Waals surface area contributed by atoms with Crippen molar-refractivity contribution in [3.8, 4) is 0 Å². The van der Waals surface area contributed by atoms with Crippen LogP contribution in [-0.2, 0) is 4.79 Å². The first-order valence-corrected chi connectivity index (χ1v) is 9.21. The van der Waals surface area contributed by atoms with Crippen molar-refractivity contribution in [2.75, 3.05) is 6.54 Å². The van der Waals surface area contributed by atoms with Gasteiger partial charge in [-0.25, -0.2) is 9.69 Å². The largest absolute Gasteiger partial charge is 1.00 e. The van der Waals surface area contributed by atoms with E-state index in [0.29, 0.717) is 6.54 Å². The van der Waals surface area contributed by atoms with Crippen molar-refractivity contribution < 1.29 is 36.9 Å². The Labute approximate surface area is 153 Å². The maximum atomic E-state index is 11.4. The maximum absolute atomic E-state index is 11.4. The summed E-state index contributed by atoms with van der Waals surface area (Å²) >= 11 is 0. The van der Waals surface area contributed by atoms with Gasteiger partial charge in [-0.1, -0.05) is 71.1 Å². The molecule has 1 unspecified atom stereocenters. The van der Waals surface area contributed by atoms with Crippen molar-refractivity contribution in [1.29, 1.82) is 0 Å². The lowest BCUT2D eigenvalue weighted by molar-refractivity contribution is -0.936. The van der Waals surface area contributed by atoms with Crippen molar-refractivity contribution >= 4 is 5.91 Å². The smallest absolute Gasteiger partial charge is 0.316 e. The molecule has 0 saturated heterocycles. The van der Waals surface area contributed by atoms with E-state index in [1.807, 2.05) is 0 Å². The zero-order chi connectivity index (χ0) is 16.8. The van der Waals surface area contributed by atoms with Crippen LogP contribution in [0.1, 0.15) is 97.8 Å². The summed E-state index contributed by atoms with van der Waals surface area (Å²) in [7, 11) is 0. The first-order chi connectivity index (χ1) is 10.4. The number of rotatable bonds is 14. The van der Waals surface area contributed by atoms with Gasteiger partial charge in [0.25, 0.3) is 0 Å². The molecule has 0 aromatic rings. The van der Waals surface area contributed by atoms with E-state index in [1.165, 1.54) is 78.1 Å². The Bertz CT molecular complexity index is 280. The molecule has 0 aliphatic carbocycles. The quantitative estimate of drug-likeness (QED) is 0.281. The van der Waals surface area contributed by atoms with Crippen molar-refractivity contribution in [2.45, 2.75) is 104 Å². The summed E-state index contributed by atoms with van der Waals surface area (Å²) in [5.74, 6) is -2.17. The molecule has 0 aromatic carbocycles. The fourth-order valence-electron chi connectivity index (χ4n) is 2.89. The van der Waals surface area contributed by atoms with Crippen LogP contribution in [0.25, 0.3) is 0 Å². The number of halogens is 1. The monoisotopic (exact) mass is 395 g/mol. The van der Waals surface area contributed by atoms with Crippen LogP contribution in [-0.4, -0.2) is 28.6 Å². The third kappa shape index (κ3) is 15.3. The number of unbranched alkanes of at least 4 members (excludes halogenated alkanes) is 11. The van der Waals surface area contributed by atoms with E-state index < -0.39 is 5.91 Å². The molecular formula is C18H38BrNO3. The minimum atomic E-state index is -1.95. The average molecular weight is 396 g/mol. The van der Waals surface area contributed by atoms with Crippen molar-refractivity contribution in [2.24, 2.45) is 0 Å². The molecule has 5 heteroatoms. The van der Waals surface area contributed by atoms with E-state index in [2.05, 4.69) is 6.92 Å². The molecule has 1 amide bonds. The number of quaternary nitrogens is 1. The van der Waals surface area contributed by atoms with Crippen LogP contribution in [0.4, 0.5) is 0 Å². The predicted molar refractivity (Wildman–Crippen MR) is 90.4 cm³/mol. The van der Waals surface area contributed by atoms with Gasteiger partial charge in [-0.3, -0.25) is 0 Å². The Morgan fingerprint density at radius 1 is 0.826 bits per heavy atom. The van der Waals surface area contributed by atoms with Crippen LogP contribution < -0.4 is 21.9 Å². The SMILES string of the molecule is CCCCCCCCCCCCCC[NH+](C(C)=O)C(C)(O)O.[Br-]. The highest BCUT2D eigenvalue weighted by atomic mass is 79.9. The fraction of sp³-hybridized carbons (Fsp3) is 0.944. The Kier molecular flexibility index (Phi) is 17.1. The summed E-state index contributed by atoms with van der Waals surface area (Å²) in [6.07, 6.45) is 15.2. The number of aliphatic hydroxyl groups is 2. The van der Waals surface area contributed by atoms with E-state index >= 15 is 0 Å². The van der Waals surface area contributed by atoms with E-state index in [4.69, 9.17) is 0 Å². The van der Waals surface area contributed by atoms with Crippen LogP contribution in [0, 0.1) is 0 Å². The summed E-state index contributed by atoms with van der Waals surface area (Å²) < 4.78 is 0. The average Bonchev–Trinajstić information content (AvgIpc) is 2.42. The number of amides is 1. The zero-order valence-corrected chi connectivity index (χ0v) is 17.0. The molecule has 140 valence electrons. The lowest BCUT2D eigenvalue weighted by atomic mass is 10.1. The van der Waals surface area contributed by atoms with Crippen LogP contribution in [0.5, 0.6) is 0 Å². The summed E-state index contributed by atoms with van der Waals surface area (Å²) in [6, 6.07) is 0. The topological polar surface area (TPSA) is 62.0 Å². The standard InChI is InChI=1S/C18H37NO3.BrH/c1-4-5-6-7-8-9-10-11-12-13-14-15-16-19(17(2)20)18(3,21)22;/h21-22H,4-16H2,1-3H3;1H. The van der Waals surface area contributed by atoms with E-state index in [1.54, 1.807) is 0 Å². The molecule has 0 aromatic heterocycles. The highest BCUT2D eigenvalue weighted by Crippen LogP contribution is 2.11. The number of nitrogens with one attached hydrogen (secondary N) is 1. The number of carbonyl (C=O) groups is 1. The van der Waals surface area contributed by atoms with E-state index in [9.17, 15) is 15.0 Å². The van der Waals surface area contributed by atoms with E-state index in [-0.39, 0.29) is 27.8 Å². The molecule has 0 aliphatic heterocycles. The van der Waals surface area contributed by atoms with Gasteiger partial charge in [-0.05, 0) is 12.8 Å². The molecule has 3 N–H and O–H groups in total. The number of hydrogen-bond acceptors (Lipinski definition) is 3. The Hall–Kier alpha value is 0.0300. The first-order valence-electron chi connectivity index (χ1n) is 9.21. The Morgan fingerprint density at radius 2 is 1.17 bits per heavy atom. The third-order valence-electron chi connectivity index (χ3n) is 4.28. The van der Waals surface area contributed by atoms with Gasteiger partial charge in [-0.2, -0.15) is 0 Å². The van der Waals surface area contributed by atoms with Crippen LogP contribution in [0.2, 0.25) is 0 Å². The van der Waals surface area contributed by atoms with Gasteiger partial charge in [0.1, 0.15) is 0 Å². The highest BCUT2D eigenvalue weighted by molar-refractivity contribution is 5.63. The molecule has 0 radical (unpaired) electrons.